The summed E-state index contributed by atoms with van der Waals surface area (Å²) < 4.78 is 0. The molecule has 2 rings (SSSR count). The van der Waals surface area contributed by atoms with Crippen molar-refractivity contribution in [3.63, 3.8) is 0 Å². The highest BCUT2D eigenvalue weighted by Crippen LogP contribution is 2.58. The maximum Gasteiger partial charge on any atom is -0.0295 e. The number of hydrogen-bond donors (Lipinski definition) is 0. The molecule has 0 aromatic heterocycles. The van der Waals surface area contributed by atoms with Gasteiger partial charge in [-0.05, 0) is 54.8 Å². The molecule has 0 spiro atoms. The van der Waals surface area contributed by atoms with Crippen molar-refractivity contribution >= 4 is 0 Å². The maximum atomic E-state index is 2.59. The summed E-state index contributed by atoms with van der Waals surface area (Å²) in [5.41, 5.74) is 0.727. The third-order valence-corrected chi connectivity index (χ3v) is 5.75. The van der Waals surface area contributed by atoms with E-state index in [-0.39, 0.29) is 0 Å². The minimum absolute atomic E-state index is 0.727. The average Bonchev–Trinajstić information content (AvgIpc) is 2.60. The van der Waals surface area contributed by atoms with Crippen LogP contribution in [0.1, 0.15) is 72.6 Å². The highest BCUT2D eigenvalue weighted by Gasteiger charge is 2.48. The predicted octanol–water partition coefficient (Wildman–Crippen LogP) is 5.28. The molecule has 0 bridgehead atoms. The van der Waals surface area contributed by atoms with Crippen molar-refractivity contribution < 1.29 is 0 Å². The Morgan fingerprint density at radius 1 is 1.19 bits per heavy atom. The zero-order valence-electron chi connectivity index (χ0n) is 11.8. The van der Waals surface area contributed by atoms with E-state index < -0.39 is 0 Å². The van der Waals surface area contributed by atoms with E-state index in [0.717, 1.165) is 29.1 Å². The first-order chi connectivity index (χ1) is 7.58. The van der Waals surface area contributed by atoms with E-state index in [2.05, 4.69) is 27.7 Å². The van der Waals surface area contributed by atoms with Gasteiger partial charge in [-0.1, -0.05) is 47.0 Å². The summed E-state index contributed by atoms with van der Waals surface area (Å²) in [6.07, 6.45) is 10.5. The molecule has 0 aromatic rings. The van der Waals surface area contributed by atoms with Gasteiger partial charge in [-0.2, -0.15) is 0 Å². The molecule has 4 atom stereocenters. The Morgan fingerprint density at radius 2 is 1.94 bits per heavy atom. The van der Waals surface area contributed by atoms with Gasteiger partial charge in [0.2, 0.25) is 0 Å². The van der Waals surface area contributed by atoms with Gasteiger partial charge in [-0.25, -0.2) is 0 Å². The highest BCUT2D eigenvalue weighted by atomic mass is 14.5. The van der Waals surface area contributed by atoms with E-state index in [1.165, 1.54) is 44.9 Å². The van der Waals surface area contributed by atoms with Gasteiger partial charge in [0.05, 0.1) is 0 Å². The molecule has 0 amide bonds. The van der Waals surface area contributed by atoms with Crippen LogP contribution in [0.25, 0.3) is 0 Å². The molecule has 0 aromatic carbocycles. The fourth-order valence-electron chi connectivity index (χ4n) is 4.89. The molecule has 16 heavy (non-hydrogen) atoms. The van der Waals surface area contributed by atoms with Gasteiger partial charge in [-0.15, -0.1) is 0 Å². The Bertz CT molecular complexity index is 230. The minimum Gasteiger partial charge on any atom is -0.0654 e. The summed E-state index contributed by atoms with van der Waals surface area (Å²) >= 11 is 0. The summed E-state index contributed by atoms with van der Waals surface area (Å²) in [4.78, 5) is 0. The van der Waals surface area contributed by atoms with Crippen molar-refractivity contribution in [2.75, 3.05) is 0 Å². The second-order valence-corrected chi connectivity index (χ2v) is 7.05. The second-order valence-electron chi connectivity index (χ2n) is 7.05. The first-order valence-corrected chi connectivity index (χ1v) is 7.58. The van der Waals surface area contributed by atoms with E-state index in [0.29, 0.717) is 0 Å². The van der Waals surface area contributed by atoms with E-state index in [1.807, 2.05) is 0 Å². The standard InChI is InChI=1S/C16H30/c1-5-7-14-13(12(2)3)9-11-16(4)10-6-8-15(14)16/h12-15H,5-11H2,1-4H3. The molecule has 0 heteroatoms. The third kappa shape index (κ3) is 2.05. The minimum atomic E-state index is 0.727. The van der Waals surface area contributed by atoms with Crippen LogP contribution >= 0.6 is 0 Å². The lowest BCUT2D eigenvalue weighted by Gasteiger charge is -2.48. The smallest absolute Gasteiger partial charge is 0.0295 e. The topological polar surface area (TPSA) is 0 Å². The SMILES string of the molecule is CCCC1C(C(C)C)CCC2(C)CCCC12. The van der Waals surface area contributed by atoms with Crippen LogP contribution in [-0.4, -0.2) is 0 Å². The van der Waals surface area contributed by atoms with E-state index in [1.54, 1.807) is 0 Å². The number of fused-ring (bicyclic) bond motifs is 1. The first-order valence-electron chi connectivity index (χ1n) is 7.58. The van der Waals surface area contributed by atoms with Crippen molar-refractivity contribution in [2.24, 2.45) is 29.1 Å². The number of hydrogen-bond acceptors (Lipinski definition) is 0. The summed E-state index contributed by atoms with van der Waals surface area (Å²) in [5, 5.41) is 0. The molecular formula is C16H30. The Balaban J connectivity index is 2.16. The van der Waals surface area contributed by atoms with Gasteiger partial charge in [-0.3, -0.25) is 0 Å². The normalized spacial score (nSPS) is 43.7. The maximum absolute atomic E-state index is 2.59. The van der Waals surface area contributed by atoms with Gasteiger partial charge < -0.3 is 0 Å². The van der Waals surface area contributed by atoms with Crippen molar-refractivity contribution in [3.05, 3.63) is 0 Å². The summed E-state index contributed by atoms with van der Waals surface area (Å²) in [7, 11) is 0. The molecule has 0 saturated heterocycles. The molecule has 2 saturated carbocycles. The molecule has 2 fully saturated rings. The Hall–Kier alpha value is 0. The Labute approximate surface area is 102 Å². The fourth-order valence-corrected chi connectivity index (χ4v) is 4.89. The van der Waals surface area contributed by atoms with Crippen LogP contribution in [0, 0.1) is 29.1 Å². The van der Waals surface area contributed by atoms with E-state index in [4.69, 9.17) is 0 Å². The van der Waals surface area contributed by atoms with E-state index in [9.17, 15) is 0 Å². The fraction of sp³-hybridized carbons (Fsp3) is 1.00. The average molecular weight is 222 g/mol. The molecule has 4 unspecified atom stereocenters. The lowest BCUT2D eigenvalue weighted by atomic mass is 9.57. The predicted molar refractivity (Wildman–Crippen MR) is 71.4 cm³/mol. The van der Waals surface area contributed by atoms with E-state index >= 15 is 0 Å². The Morgan fingerprint density at radius 3 is 2.56 bits per heavy atom. The van der Waals surface area contributed by atoms with Crippen LogP contribution in [0.15, 0.2) is 0 Å². The molecule has 0 nitrogen and oxygen atoms in total. The molecule has 0 aliphatic heterocycles. The monoisotopic (exact) mass is 222 g/mol. The zero-order chi connectivity index (χ0) is 11.8. The van der Waals surface area contributed by atoms with Gasteiger partial charge in [0.15, 0.2) is 0 Å². The van der Waals surface area contributed by atoms with Crippen molar-refractivity contribution in [1.82, 2.24) is 0 Å². The van der Waals surface area contributed by atoms with Gasteiger partial charge in [0, 0.05) is 0 Å². The summed E-state index contributed by atoms with van der Waals surface area (Å²) in [6.45, 7) is 9.86. The molecule has 2 aliphatic rings. The molecular weight excluding hydrogens is 192 g/mol. The lowest BCUT2D eigenvalue weighted by Crippen LogP contribution is -2.40. The van der Waals surface area contributed by atoms with Crippen molar-refractivity contribution in [2.45, 2.75) is 72.6 Å². The lowest BCUT2D eigenvalue weighted by molar-refractivity contribution is 0.0150. The highest BCUT2D eigenvalue weighted by molar-refractivity contribution is 4.98. The molecule has 94 valence electrons. The van der Waals surface area contributed by atoms with Gasteiger partial charge >= 0.3 is 0 Å². The zero-order valence-corrected chi connectivity index (χ0v) is 11.8. The Kier molecular flexibility index (Phi) is 3.66. The van der Waals surface area contributed by atoms with Crippen molar-refractivity contribution in [3.8, 4) is 0 Å². The van der Waals surface area contributed by atoms with Crippen LogP contribution in [0.3, 0.4) is 0 Å². The summed E-state index contributed by atoms with van der Waals surface area (Å²) in [5.74, 6) is 4.04. The third-order valence-electron chi connectivity index (χ3n) is 5.75. The molecule has 0 radical (unpaired) electrons. The van der Waals surface area contributed by atoms with Crippen LogP contribution in [0.2, 0.25) is 0 Å². The molecule has 0 N–H and O–H groups in total. The van der Waals surface area contributed by atoms with Crippen LogP contribution < -0.4 is 0 Å². The second kappa shape index (κ2) is 4.70. The molecule has 2 aliphatic carbocycles. The van der Waals surface area contributed by atoms with Gasteiger partial charge in [0.25, 0.3) is 0 Å². The van der Waals surface area contributed by atoms with Crippen LogP contribution in [0.5, 0.6) is 0 Å². The van der Waals surface area contributed by atoms with Gasteiger partial charge in [0.1, 0.15) is 0 Å². The summed E-state index contributed by atoms with van der Waals surface area (Å²) in [6, 6.07) is 0. The largest absolute Gasteiger partial charge is 0.0654 e. The van der Waals surface area contributed by atoms with Crippen LogP contribution in [0.4, 0.5) is 0 Å². The quantitative estimate of drug-likeness (QED) is 0.610. The first kappa shape index (κ1) is 12.5. The van der Waals surface area contributed by atoms with Crippen molar-refractivity contribution in [1.29, 1.82) is 0 Å². The molecule has 0 heterocycles. The number of rotatable bonds is 3. The van der Waals surface area contributed by atoms with Crippen LogP contribution in [-0.2, 0) is 0 Å².